The van der Waals surface area contributed by atoms with E-state index in [0.717, 1.165) is 41.3 Å². The number of para-hydroxylation sites is 1. The zero-order valence-corrected chi connectivity index (χ0v) is 36.9. The number of nitrogens with two attached hydrogens (primary N) is 1. The summed E-state index contributed by atoms with van der Waals surface area (Å²) in [6.07, 6.45) is 5.23. The topological polar surface area (TPSA) is 274 Å². The zero-order valence-electron chi connectivity index (χ0n) is 36.9. The van der Waals surface area contributed by atoms with Crippen molar-refractivity contribution in [1.82, 2.24) is 36.9 Å². The average Bonchev–Trinajstić information content (AvgIpc) is 3.65. The van der Waals surface area contributed by atoms with Crippen LogP contribution in [0.2, 0.25) is 0 Å². The van der Waals surface area contributed by atoms with Gasteiger partial charge in [-0.2, -0.15) is 0 Å². The largest absolute Gasteiger partial charge is 0.481 e. The maximum Gasteiger partial charge on any atom is 0.305 e. The second-order valence-electron chi connectivity index (χ2n) is 17.8. The number of amides is 5. The summed E-state index contributed by atoms with van der Waals surface area (Å²) in [6, 6.07) is 13.7. The summed E-state index contributed by atoms with van der Waals surface area (Å²) in [6.45, 7) is 4.62. The predicted octanol–water partition coefficient (Wildman–Crippen LogP) is 2.67. The fraction of sp³-hybridized carbons (Fsp3) is 0.553. The van der Waals surface area contributed by atoms with Crippen molar-refractivity contribution in [3.05, 3.63) is 71.9 Å². The molecule has 2 fully saturated rings. The number of benzene rings is 2. The summed E-state index contributed by atoms with van der Waals surface area (Å²) >= 11 is 0. The number of carboxylic acid groups (broad SMARTS) is 2. The molecule has 0 bridgehead atoms. The molecule has 64 heavy (non-hydrogen) atoms. The number of nitrogens with one attached hydrogen (secondary N) is 7. The van der Waals surface area contributed by atoms with Gasteiger partial charge < -0.3 is 52.8 Å². The van der Waals surface area contributed by atoms with Crippen LogP contribution < -0.4 is 37.6 Å². The number of rotatable bonds is 23. The Kier molecular flexibility index (Phi) is 18.7. The molecule has 2 aromatic carbocycles. The Morgan fingerprint density at radius 3 is 2.05 bits per heavy atom. The molecular weight excluding hydrogens is 821 g/mol. The van der Waals surface area contributed by atoms with E-state index in [-0.39, 0.29) is 80.7 Å². The predicted molar refractivity (Wildman–Crippen MR) is 241 cm³/mol. The van der Waals surface area contributed by atoms with E-state index in [9.17, 15) is 38.7 Å². The van der Waals surface area contributed by atoms with Gasteiger partial charge in [-0.05, 0) is 68.2 Å². The number of aromatic nitrogens is 1. The van der Waals surface area contributed by atoms with Crippen molar-refractivity contribution in [3.8, 4) is 0 Å². The van der Waals surface area contributed by atoms with Crippen molar-refractivity contribution < 1.29 is 43.8 Å². The highest BCUT2D eigenvalue weighted by Gasteiger charge is 2.35. The molecule has 5 rings (SSSR count). The smallest absolute Gasteiger partial charge is 0.305 e. The summed E-state index contributed by atoms with van der Waals surface area (Å²) in [4.78, 5) is 94.3. The van der Waals surface area contributed by atoms with E-state index in [1.54, 1.807) is 0 Å². The van der Waals surface area contributed by atoms with Crippen molar-refractivity contribution in [2.45, 2.75) is 134 Å². The number of carbonyl (C=O) groups is 7. The molecule has 3 aromatic rings. The Labute approximate surface area is 374 Å². The standard InChI is InChI=1S/C47H66N8O9/c1-28(2)40(55-42(57)22-32(20-29-10-4-3-5-11-29)52-46(63)35-13-6-8-14-37(35)48)25-43(58)54-39-18-19-49-27-36(39)47(64)53-33(21-30-26-50-38-15-9-7-12-34(30)38)23-41(56)51-31(24-45(61)62)16-17-44(59)60/h3-5,7,9-12,15,26,28,31-33,35-37,39-40,49-50H,6,8,13-14,16-25,27,48H2,1-2H3,(H,51,56)(H,52,63)(H,53,64)(H,54,58)(H,55,57)(H,59,60)(H,61,62)/t31-,32-,33-,35+,36+,37+,39+,40+/m0/s1. The Morgan fingerprint density at radius 1 is 0.703 bits per heavy atom. The highest BCUT2D eigenvalue weighted by molar-refractivity contribution is 5.86. The monoisotopic (exact) mass is 886 g/mol. The number of aromatic amines is 1. The molecule has 5 amide bonds. The van der Waals surface area contributed by atoms with Crippen molar-refractivity contribution >= 4 is 52.4 Å². The van der Waals surface area contributed by atoms with Gasteiger partial charge in [-0.15, -0.1) is 0 Å². The molecule has 1 aromatic heterocycles. The Morgan fingerprint density at radius 2 is 1.36 bits per heavy atom. The fourth-order valence-corrected chi connectivity index (χ4v) is 8.87. The van der Waals surface area contributed by atoms with Gasteiger partial charge in [0.05, 0.1) is 18.3 Å². The van der Waals surface area contributed by atoms with Crippen LogP contribution in [0.25, 0.3) is 10.9 Å². The number of H-pyrrole nitrogens is 1. The van der Waals surface area contributed by atoms with Gasteiger partial charge in [0.1, 0.15) is 0 Å². The van der Waals surface area contributed by atoms with Gasteiger partial charge in [0.2, 0.25) is 29.5 Å². The Balaban J connectivity index is 1.23. The maximum absolute atomic E-state index is 14.1. The SMILES string of the molecule is CC(C)[C@@H](CC(=O)N[C@@H]1CCNC[C@H]1C(=O)N[C@H](CC(=O)N[C@@H](CCC(=O)O)CC(=O)O)Cc1c[nH]c2ccccc12)NC(=O)C[C@H](Cc1ccccc1)NC(=O)[C@@H]1CCCC[C@H]1N. The summed E-state index contributed by atoms with van der Waals surface area (Å²) in [5.74, 6) is -5.19. The van der Waals surface area contributed by atoms with E-state index in [2.05, 4.69) is 36.9 Å². The molecule has 1 saturated heterocycles. The van der Waals surface area contributed by atoms with E-state index >= 15 is 0 Å². The second-order valence-corrected chi connectivity index (χ2v) is 17.8. The minimum atomic E-state index is -1.19. The molecule has 2 heterocycles. The van der Waals surface area contributed by atoms with Gasteiger partial charge in [-0.25, -0.2) is 0 Å². The second kappa shape index (κ2) is 24.3. The number of carbonyl (C=O) groups excluding carboxylic acids is 5. The molecule has 1 aliphatic carbocycles. The zero-order chi connectivity index (χ0) is 46.2. The minimum absolute atomic E-state index is 0.00423. The molecule has 11 N–H and O–H groups in total. The van der Waals surface area contributed by atoms with Gasteiger partial charge in [-0.3, -0.25) is 33.6 Å². The minimum Gasteiger partial charge on any atom is -0.481 e. The van der Waals surface area contributed by atoms with Crippen LogP contribution >= 0.6 is 0 Å². The lowest BCUT2D eigenvalue weighted by Gasteiger charge is -2.34. The highest BCUT2D eigenvalue weighted by atomic mass is 16.4. The van der Waals surface area contributed by atoms with Crippen LogP contribution in [0.5, 0.6) is 0 Å². The first-order valence-electron chi connectivity index (χ1n) is 22.6. The lowest BCUT2D eigenvalue weighted by molar-refractivity contribution is -0.140. The highest BCUT2D eigenvalue weighted by Crippen LogP contribution is 2.24. The lowest BCUT2D eigenvalue weighted by atomic mass is 9.84. The van der Waals surface area contributed by atoms with Crippen LogP contribution in [-0.4, -0.2) is 106 Å². The van der Waals surface area contributed by atoms with Crippen LogP contribution in [0, 0.1) is 17.8 Å². The number of fused-ring (bicyclic) bond motifs is 1. The van der Waals surface area contributed by atoms with E-state index < -0.39 is 66.3 Å². The van der Waals surface area contributed by atoms with Crippen LogP contribution in [0.4, 0.5) is 0 Å². The first-order valence-corrected chi connectivity index (χ1v) is 22.6. The summed E-state index contributed by atoms with van der Waals surface area (Å²) in [5, 5.41) is 37.6. The average molecular weight is 887 g/mol. The Bertz CT molecular complexity index is 2060. The number of carboxylic acids is 2. The molecule has 348 valence electrons. The van der Waals surface area contributed by atoms with Crippen molar-refractivity contribution in [1.29, 1.82) is 0 Å². The van der Waals surface area contributed by atoms with E-state index in [4.69, 9.17) is 10.8 Å². The van der Waals surface area contributed by atoms with Crippen LogP contribution in [0.3, 0.4) is 0 Å². The quantitative estimate of drug-likeness (QED) is 0.0661. The fourth-order valence-electron chi connectivity index (χ4n) is 8.87. The first kappa shape index (κ1) is 49.2. The lowest BCUT2D eigenvalue weighted by Crippen LogP contribution is -2.57. The van der Waals surface area contributed by atoms with Crippen LogP contribution in [0.15, 0.2) is 60.8 Å². The summed E-state index contributed by atoms with van der Waals surface area (Å²) < 4.78 is 0. The van der Waals surface area contributed by atoms with Gasteiger partial charge in [-0.1, -0.05) is 75.2 Å². The molecule has 1 aliphatic heterocycles. The first-order chi connectivity index (χ1) is 30.6. The van der Waals surface area contributed by atoms with Gasteiger partial charge in [0.15, 0.2) is 0 Å². The third-order valence-electron chi connectivity index (χ3n) is 12.4. The van der Waals surface area contributed by atoms with Gasteiger partial charge >= 0.3 is 11.9 Å². The van der Waals surface area contributed by atoms with Crippen molar-refractivity contribution in [2.24, 2.45) is 23.5 Å². The molecular formula is C47H66N8O9. The van der Waals surface area contributed by atoms with Crippen LogP contribution in [-0.2, 0) is 46.4 Å². The molecule has 0 unspecified atom stereocenters. The van der Waals surface area contributed by atoms with Crippen LogP contribution in [0.1, 0.15) is 95.6 Å². The molecule has 17 nitrogen and oxygen atoms in total. The van der Waals surface area contributed by atoms with E-state index in [1.165, 1.54) is 0 Å². The number of aliphatic carboxylic acids is 2. The number of hydrogen-bond donors (Lipinski definition) is 10. The summed E-state index contributed by atoms with van der Waals surface area (Å²) in [5.41, 5.74) is 9.01. The molecule has 0 radical (unpaired) electrons. The normalized spacial score (nSPS) is 20.6. The molecule has 1 saturated carbocycles. The molecule has 0 spiro atoms. The maximum atomic E-state index is 14.1. The third-order valence-corrected chi connectivity index (χ3v) is 12.4. The van der Waals surface area contributed by atoms with Crippen molar-refractivity contribution in [2.75, 3.05) is 13.1 Å². The molecule has 2 aliphatic rings. The third kappa shape index (κ3) is 15.5. The summed E-state index contributed by atoms with van der Waals surface area (Å²) in [7, 11) is 0. The van der Waals surface area contributed by atoms with E-state index in [1.807, 2.05) is 74.6 Å². The number of piperidine rings is 1. The van der Waals surface area contributed by atoms with Gasteiger partial charge in [0.25, 0.3) is 0 Å². The number of hydrogen-bond acceptors (Lipinski definition) is 9. The Hall–Kier alpha value is -5.81. The van der Waals surface area contributed by atoms with Crippen molar-refractivity contribution in [3.63, 3.8) is 0 Å². The van der Waals surface area contributed by atoms with E-state index in [0.29, 0.717) is 25.8 Å². The molecule has 8 atom stereocenters. The van der Waals surface area contributed by atoms with Gasteiger partial charge in [0, 0.05) is 85.6 Å². The molecule has 17 heteroatoms.